The predicted octanol–water partition coefficient (Wildman–Crippen LogP) is 3.15. The van der Waals surface area contributed by atoms with Gasteiger partial charge in [-0.1, -0.05) is 38.1 Å². The number of likely N-dealkylation sites (N-methyl/N-ethyl adjacent to an activating group) is 1. The van der Waals surface area contributed by atoms with Gasteiger partial charge in [0.15, 0.2) is 0 Å². The molecule has 0 spiro atoms. The quantitative estimate of drug-likeness (QED) is 0.848. The van der Waals surface area contributed by atoms with Crippen LogP contribution in [0.5, 0.6) is 0 Å². The summed E-state index contributed by atoms with van der Waals surface area (Å²) in [6.45, 7) is 6.56. The molecule has 1 rings (SSSR count). The minimum Gasteiger partial charge on any atom is -0.326 e. The number of hydrogen-bond acceptors (Lipinski definition) is 2. The first kappa shape index (κ1) is 14.2. The predicted molar refractivity (Wildman–Crippen MR) is 75.2 cm³/mol. The van der Waals surface area contributed by atoms with Crippen LogP contribution in [0.25, 0.3) is 0 Å². The lowest BCUT2D eigenvalue weighted by atomic mass is 9.94. The Balaban J connectivity index is 2.92. The average molecular weight is 234 g/mol. The second-order valence-electron chi connectivity index (χ2n) is 5.24. The molecule has 2 nitrogen and oxygen atoms in total. The number of rotatable bonds is 5. The lowest BCUT2D eigenvalue weighted by Gasteiger charge is -2.28. The number of benzene rings is 1. The molecular formula is C15H26N2. The van der Waals surface area contributed by atoms with Gasteiger partial charge in [0.2, 0.25) is 0 Å². The standard InChI is InChI=1S/C15H26N2/c1-6-11(2)13-7-9-14(10-8-13)15(12(3)16)17(4)5/h7-12,15H,6,16H2,1-5H3. The first-order chi connectivity index (χ1) is 7.97. The van der Waals surface area contributed by atoms with E-state index in [0.717, 1.165) is 0 Å². The van der Waals surface area contributed by atoms with Gasteiger partial charge in [0.25, 0.3) is 0 Å². The molecule has 0 aromatic heterocycles. The van der Waals surface area contributed by atoms with Crippen molar-refractivity contribution in [2.75, 3.05) is 14.1 Å². The van der Waals surface area contributed by atoms with E-state index in [4.69, 9.17) is 5.73 Å². The smallest absolute Gasteiger partial charge is 0.0491 e. The van der Waals surface area contributed by atoms with Crippen LogP contribution in [0, 0.1) is 0 Å². The summed E-state index contributed by atoms with van der Waals surface area (Å²) in [6.07, 6.45) is 1.18. The Hall–Kier alpha value is -0.860. The summed E-state index contributed by atoms with van der Waals surface area (Å²) >= 11 is 0. The van der Waals surface area contributed by atoms with Gasteiger partial charge in [-0.25, -0.2) is 0 Å². The van der Waals surface area contributed by atoms with Crippen LogP contribution in [0.4, 0.5) is 0 Å². The average Bonchev–Trinajstić information content (AvgIpc) is 2.28. The molecule has 17 heavy (non-hydrogen) atoms. The highest BCUT2D eigenvalue weighted by Gasteiger charge is 2.18. The van der Waals surface area contributed by atoms with Crippen LogP contribution >= 0.6 is 0 Å². The number of nitrogens with zero attached hydrogens (tertiary/aromatic N) is 1. The zero-order valence-corrected chi connectivity index (χ0v) is 11.8. The molecule has 1 aromatic carbocycles. The third-order valence-corrected chi connectivity index (χ3v) is 3.51. The van der Waals surface area contributed by atoms with Gasteiger partial charge in [0, 0.05) is 12.1 Å². The van der Waals surface area contributed by atoms with Crippen LogP contribution in [-0.2, 0) is 0 Å². The second-order valence-corrected chi connectivity index (χ2v) is 5.24. The highest BCUT2D eigenvalue weighted by Crippen LogP contribution is 2.24. The van der Waals surface area contributed by atoms with Gasteiger partial charge < -0.3 is 10.6 Å². The Morgan fingerprint density at radius 2 is 1.53 bits per heavy atom. The third kappa shape index (κ3) is 3.55. The van der Waals surface area contributed by atoms with E-state index in [1.165, 1.54) is 17.5 Å². The van der Waals surface area contributed by atoms with E-state index >= 15 is 0 Å². The van der Waals surface area contributed by atoms with E-state index in [-0.39, 0.29) is 6.04 Å². The number of hydrogen-bond donors (Lipinski definition) is 1. The first-order valence-electron chi connectivity index (χ1n) is 6.49. The fourth-order valence-corrected chi connectivity index (χ4v) is 2.33. The van der Waals surface area contributed by atoms with E-state index in [2.05, 4.69) is 64.0 Å². The van der Waals surface area contributed by atoms with E-state index in [1.54, 1.807) is 0 Å². The van der Waals surface area contributed by atoms with Crippen molar-refractivity contribution in [2.24, 2.45) is 5.73 Å². The Morgan fingerprint density at radius 3 is 1.88 bits per heavy atom. The lowest BCUT2D eigenvalue weighted by molar-refractivity contribution is 0.266. The molecule has 2 N–H and O–H groups in total. The molecule has 0 bridgehead atoms. The van der Waals surface area contributed by atoms with Crippen molar-refractivity contribution in [1.82, 2.24) is 4.90 Å². The van der Waals surface area contributed by atoms with Crippen molar-refractivity contribution < 1.29 is 0 Å². The molecule has 1 aromatic rings. The molecule has 0 saturated carbocycles. The summed E-state index contributed by atoms with van der Waals surface area (Å²) < 4.78 is 0. The molecule has 0 saturated heterocycles. The highest BCUT2D eigenvalue weighted by molar-refractivity contribution is 5.27. The molecule has 0 aliphatic rings. The summed E-state index contributed by atoms with van der Waals surface area (Å²) in [7, 11) is 4.16. The maximum atomic E-state index is 6.05. The van der Waals surface area contributed by atoms with Crippen molar-refractivity contribution in [3.63, 3.8) is 0 Å². The topological polar surface area (TPSA) is 29.3 Å². The Kier molecular flexibility index (Phi) is 5.16. The van der Waals surface area contributed by atoms with Crippen molar-refractivity contribution >= 4 is 0 Å². The SMILES string of the molecule is CCC(C)c1ccc(C(C(C)N)N(C)C)cc1. The molecule has 96 valence electrons. The Labute approximate surface area is 106 Å². The van der Waals surface area contributed by atoms with Crippen LogP contribution in [-0.4, -0.2) is 25.0 Å². The zero-order valence-electron chi connectivity index (χ0n) is 11.8. The minimum atomic E-state index is 0.138. The van der Waals surface area contributed by atoms with Crippen LogP contribution in [0.1, 0.15) is 50.3 Å². The van der Waals surface area contributed by atoms with Gasteiger partial charge >= 0.3 is 0 Å². The van der Waals surface area contributed by atoms with Gasteiger partial charge in [-0.15, -0.1) is 0 Å². The van der Waals surface area contributed by atoms with Gasteiger partial charge in [0.05, 0.1) is 0 Å². The van der Waals surface area contributed by atoms with Crippen LogP contribution in [0.2, 0.25) is 0 Å². The molecular weight excluding hydrogens is 208 g/mol. The maximum absolute atomic E-state index is 6.05. The van der Waals surface area contributed by atoms with Crippen LogP contribution < -0.4 is 5.73 Å². The lowest BCUT2D eigenvalue weighted by Crippen LogP contribution is -2.35. The zero-order chi connectivity index (χ0) is 13.0. The van der Waals surface area contributed by atoms with Crippen LogP contribution in [0.15, 0.2) is 24.3 Å². The monoisotopic (exact) mass is 234 g/mol. The fourth-order valence-electron chi connectivity index (χ4n) is 2.33. The first-order valence-corrected chi connectivity index (χ1v) is 6.49. The molecule has 0 heterocycles. The molecule has 0 aliphatic carbocycles. The summed E-state index contributed by atoms with van der Waals surface area (Å²) in [5.41, 5.74) is 8.77. The van der Waals surface area contributed by atoms with Gasteiger partial charge in [-0.2, -0.15) is 0 Å². The van der Waals surface area contributed by atoms with Gasteiger partial charge in [-0.05, 0) is 44.5 Å². The van der Waals surface area contributed by atoms with E-state index in [1.807, 2.05) is 0 Å². The molecule has 3 atom stereocenters. The normalized spacial score (nSPS) is 16.9. The van der Waals surface area contributed by atoms with Crippen molar-refractivity contribution in [3.05, 3.63) is 35.4 Å². The maximum Gasteiger partial charge on any atom is 0.0491 e. The largest absolute Gasteiger partial charge is 0.326 e. The minimum absolute atomic E-state index is 0.138. The van der Waals surface area contributed by atoms with Crippen molar-refractivity contribution in [1.29, 1.82) is 0 Å². The second kappa shape index (κ2) is 6.18. The molecule has 0 aliphatic heterocycles. The van der Waals surface area contributed by atoms with Crippen LogP contribution in [0.3, 0.4) is 0 Å². The van der Waals surface area contributed by atoms with Crippen molar-refractivity contribution in [2.45, 2.75) is 45.2 Å². The summed E-state index contributed by atoms with van der Waals surface area (Å²) in [5.74, 6) is 0.636. The summed E-state index contributed by atoms with van der Waals surface area (Å²) in [6, 6.07) is 9.34. The molecule has 2 heteroatoms. The van der Waals surface area contributed by atoms with E-state index < -0.39 is 0 Å². The van der Waals surface area contributed by atoms with E-state index in [0.29, 0.717) is 12.0 Å². The van der Waals surface area contributed by atoms with Crippen molar-refractivity contribution in [3.8, 4) is 0 Å². The fraction of sp³-hybridized carbons (Fsp3) is 0.600. The number of nitrogens with two attached hydrogens (primary N) is 1. The third-order valence-electron chi connectivity index (χ3n) is 3.51. The van der Waals surface area contributed by atoms with E-state index in [9.17, 15) is 0 Å². The molecule has 3 unspecified atom stereocenters. The Morgan fingerprint density at radius 1 is 1.06 bits per heavy atom. The molecule has 0 fully saturated rings. The van der Waals surface area contributed by atoms with Gasteiger partial charge in [0.1, 0.15) is 0 Å². The molecule has 0 amide bonds. The highest BCUT2D eigenvalue weighted by atomic mass is 15.1. The summed E-state index contributed by atoms with van der Waals surface area (Å²) in [5, 5.41) is 0. The summed E-state index contributed by atoms with van der Waals surface area (Å²) in [4.78, 5) is 2.18. The van der Waals surface area contributed by atoms with Gasteiger partial charge in [-0.3, -0.25) is 0 Å². The Bertz CT molecular complexity index is 319. The molecule has 0 radical (unpaired) electrons.